The van der Waals surface area contributed by atoms with Gasteiger partial charge in [0.25, 0.3) is 11.5 Å². The smallest absolute Gasteiger partial charge is 0.387 e. The molecule has 1 aromatic heterocycles. The van der Waals surface area contributed by atoms with Gasteiger partial charge < -0.3 is 14.8 Å². The summed E-state index contributed by atoms with van der Waals surface area (Å²) in [6, 6.07) is 6.21. The van der Waals surface area contributed by atoms with Crippen molar-refractivity contribution in [2.45, 2.75) is 13.2 Å². The number of hydrogen-bond acceptors (Lipinski definition) is 6. The van der Waals surface area contributed by atoms with E-state index in [1.165, 1.54) is 32.3 Å². The molecular weight excluding hydrogens is 380 g/mol. The van der Waals surface area contributed by atoms with Crippen molar-refractivity contribution >= 4 is 11.9 Å². The Balaban J connectivity index is 1.92. The van der Waals surface area contributed by atoms with Gasteiger partial charge in [-0.25, -0.2) is 4.79 Å². The minimum atomic E-state index is -3.03. The van der Waals surface area contributed by atoms with E-state index in [0.717, 1.165) is 21.3 Å². The number of rotatable bonds is 7. The third-order valence-corrected chi connectivity index (χ3v) is 3.72. The van der Waals surface area contributed by atoms with Crippen LogP contribution in [0.4, 0.5) is 8.78 Å². The molecule has 0 fully saturated rings. The largest absolute Gasteiger partial charge is 0.458 e. The molecule has 2 aromatic rings. The fourth-order valence-electron chi connectivity index (χ4n) is 2.19. The summed E-state index contributed by atoms with van der Waals surface area (Å²) in [4.78, 5) is 47.2. The molecular formula is C17H17F2N3O6. The summed E-state index contributed by atoms with van der Waals surface area (Å²) in [7, 11) is 2.73. The lowest BCUT2D eigenvalue weighted by molar-refractivity contribution is -0.143. The Labute approximate surface area is 157 Å². The predicted octanol–water partition coefficient (Wildman–Crippen LogP) is 0.159. The zero-order valence-electron chi connectivity index (χ0n) is 15.0. The fraction of sp³-hybridized carbons (Fsp3) is 0.294. The highest BCUT2D eigenvalue weighted by Crippen LogP contribution is 2.15. The number of ether oxygens (including phenoxy) is 2. The number of nitrogens with one attached hydrogen (secondary N) is 1. The van der Waals surface area contributed by atoms with Gasteiger partial charge in [0.05, 0.1) is 5.69 Å². The number of carbonyl (C=O) groups excluding carboxylic acids is 2. The number of halogens is 2. The van der Waals surface area contributed by atoms with E-state index in [-0.39, 0.29) is 23.6 Å². The summed E-state index contributed by atoms with van der Waals surface area (Å²) in [6.07, 6.45) is 0. The molecule has 1 aromatic carbocycles. The van der Waals surface area contributed by atoms with Crippen molar-refractivity contribution in [3.05, 3.63) is 62.4 Å². The van der Waals surface area contributed by atoms with Gasteiger partial charge in [-0.05, 0) is 18.2 Å². The number of esters is 1. The number of amides is 1. The second-order valence-electron chi connectivity index (χ2n) is 5.62. The molecule has 0 radical (unpaired) electrons. The van der Waals surface area contributed by atoms with Crippen LogP contribution in [0.25, 0.3) is 0 Å². The standard InChI is InChI=1S/C17H17F2N3O6/c1-21-11(7-13(23)22(2)17(21)26)9-27-14(24)8-20-15(25)10-4-3-5-12(6-10)28-16(18)19/h3-7,16H,8-9H2,1-2H3,(H,20,25). The summed E-state index contributed by atoms with van der Waals surface area (Å²) >= 11 is 0. The first-order valence-corrected chi connectivity index (χ1v) is 7.93. The number of hydrogen-bond donors (Lipinski definition) is 1. The highest BCUT2D eigenvalue weighted by molar-refractivity contribution is 5.96. The Morgan fingerprint density at radius 3 is 2.54 bits per heavy atom. The number of aromatic nitrogens is 2. The van der Waals surface area contributed by atoms with E-state index < -0.39 is 36.3 Å². The summed E-state index contributed by atoms with van der Waals surface area (Å²) in [6.45, 7) is -3.87. The van der Waals surface area contributed by atoms with Gasteiger partial charge in [-0.3, -0.25) is 23.5 Å². The van der Waals surface area contributed by atoms with Gasteiger partial charge in [0.1, 0.15) is 18.9 Å². The molecule has 0 saturated heterocycles. The molecule has 1 heterocycles. The lowest BCUT2D eigenvalue weighted by Crippen LogP contribution is -2.38. The Hall–Kier alpha value is -3.50. The normalized spacial score (nSPS) is 10.6. The number of nitrogens with zero attached hydrogens (tertiary/aromatic N) is 2. The molecule has 1 N–H and O–H groups in total. The van der Waals surface area contributed by atoms with Crippen molar-refractivity contribution < 1.29 is 27.8 Å². The minimum Gasteiger partial charge on any atom is -0.458 e. The first kappa shape index (κ1) is 20.8. The molecule has 0 saturated carbocycles. The van der Waals surface area contributed by atoms with Crippen LogP contribution >= 0.6 is 0 Å². The lowest BCUT2D eigenvalue weighted by atomic mass is 10.2. The Morgan fingerprint density at radius 1 is 1.14 bits per heavy atom. The SMILES string of the molecule is Cn1c(COC(=O)CNC(=O)c2cccc(OC(F)F)c2)cc(=O)n(C)c1=O. The molecule has 0 unspecified atom stereocenters. The second-order valence-corrected chi connectivity index (χ2v) is 5.62. The van der Waals surface area contributed by atoms with Crippen LogP contribution in [0, 0.1) is 0 Å². The summed E-state index contributed by atoms with van der Waals surface area (Å²) < 4.78 is 35.6. The zero-order valence-corrected chi connectivity index (χ0v) is 15.0. The molecule has 0 bridgehead atoms. The molecule has 0 aliphatic carbocycles. The maximum atomic E-state index is 12.2. The van der Waals surface area contributed by atoms with Crippen molar-refractivity contribution in [2.75, 3.05) is 6.54 Å². The average Bonchev–Trinajstić information content (AvgIpc) is 2.65. The van der Waals surface area contributed by atoms with E-state index in [1.54, 1.807) is 0 Å². The molecule has 150 valence electrons. The molecule has 1 amide bonds. The molecule has 11 heteroatoms. The second kappa shape index (κ2) is 8.93. The molecule has 0 spiro atoms. The van der Waals surface area contributed by atoms with Crippen LogP contribution in [-0.2, 0) is 30.2 Å². The van der Waals surface area contributed by atoms with Gasteiger partial charge in [0, 0.05) is 25.7 Å². The predicted molar refractivity (Wildman–Crippen MR) is 92.1 cm³/mol. The van der Waals surface area contributed by atoms with Crippen LogP contribution in [0.1, 0.15) is 16.1 Å². The molecule has 28 heavy (non-hydrogen) atoms. The first-order chi connectivity index (χ1) is 13.2. The van der Waals surface area contributed by atoms with E-state index in [2.05, 4.69) is 10.1 Å². The quantitative estimate of drug-likeness (QED) is 0.667. The highest BCUT2D eigenvalue weighted by Gasteiger charge is 2.13. The summed E-state index contributed by atoms with van der Waals surface area (Å²) in [5.41, 5.74) is -0.921. The van der Waals surface area contributed by atoms with Crippen molar-refractivity contribution in [3.63, 3.8) is 0 Å². The van der Waals surface area contributed by atoms with E-state index in [0.29, 0.717) is 0 Å². The lowest BCUT2D eigenvalue weighted by Gasteiger charge is -2.11. The van der Waals surface area contributed by atoms with Crippen LogP contribution in [0.15, 0.2) is 39.9 Å². The van der Waals surface area contributed by atoms with Gasteiger partial charge >= 0.3 is 18.3 Å². The van der Waals surface area contributed by atoms with Crippen LogP contribution in [0.3, 0.4) is 0 Å². The minimum absolute atomic E-state index is 0.0138. The Kier molecular flexibility index (Phi) is 6.64. The molecule has 0 atom stereocenters. The van der Waals surface area contributed by atoms with Gasteiger partial charge in [0.2, 0.25) is 0 Å². The topological polar surface area (TPSA) is 109 Å². The van der Waals surface area contributed by atoms with Crippen LogP contribution in [0.5, 0.6) is 5.75 Å². The van der Waals surface area contributed by atoms with Gasteiger partial charge in [-0.15, -0.1) is 0 Å². The molecule has 0 aliphatic rings. The monoisotopic (exact) mass is 397 g/mol. The first-order valence-electron chi connectivity index (χ1n) is 7.93. The Bertz CT molecular complexity index is 999. The Morgan fingerprint density at radius 2 is 1.86 bits per heavy atom. The van der Waals surface area contributed by atoms with Gasteiger partial charge in [-0.1, -0.05) is 6.07 Å². The van der Waals surface area contributed by atoms with Crippen molar-refractivity contribution in [1.29, 1.82) is 0 Å². The fourth-order valence-corrected chi connectivity index (χ4v) is 2.19. The third-order valence-electron chi connectivity index (χ3n) is 3.72. The molecule has 0 aliphatic heterocycles. The van der Waals surface area contributed by atoms with Crippen LogP contribution < -0.4 is 21.3 Å². The maximum Gasteiger partial charge on any atom is 0.387 e. The van der Waals surface area contributed by atoms with E-state index in [9.17, 15) is 28.0 Å². The number of carbonyl (C=O) groups is 2. The van der Waals surface area contributed by atoms with E-state index in [4.69, 9.17) is 4.74 Å². The highest BCUT2D eigenvalue weighted by atomic mass is 19.3. The average molecular weight is 397 g/mol. The zero-order chi connectivity index (χ0) is 20.8. The van der Waals surface area contributed by atoms with Gasteiger partial charge in [0.15, 0.2) is 0 Å². The third kappa shape index (κ3) is 5.25. The van der Waals surface area contributed by atoms with E-state index in [1.807, 2.05) is 0 Å². The molecule has 9 nitrogen and oxygen atoms in total. The number of alkyl halides is 2. The van der Waals surface area contributed by atoms with Crippen molar-refractivity contribution in [3.8, 4) is 5.75 Å². The van der Waals surface area contributed by atoms with E-state index >= 15 is 0 Å². The van der Waals surface area contributed by atoms with Crippen LogP contribution in [0.2, 0.25) is 0 Å². The summed E-state index contributed by atoms with van der Waals surface area (Å²) in [5.74, 6) is -1.71. The van der Waals surface area contributed by atoms with Gasteiger partial charge in [-0.2, -0.15) is 8.78 Å². The number of benzene rings is 1. The van der Waals surface area contributed by atoms with Crippen molar-refractivity contribution in [1.82, 2.24) is 14.5 Å². The van der Waals surface area contributed by atoms with Crippen LogP contribution in [-0.4, -0.2) is 34.2 Å². The van der Waals surface area contributed by atoms with Crippen molar-refractivity contribution in [2.24, 2.45) is 14.1 Å². The summed E-state index contributed by atoms with van der Waals surface area (Å²) in [5, 5.41) is 2.27. The molecule has 2 rings (SSSR count). The maximum absolute atomic E-state index is 12.2.